The van der Waals surface area contributed by atoms with Gasteiger partial charge < -0.3 is 10.2 Å². The second-order valence-electron chi connectivity index (χ2n) is 4.15. The highest BCUT2D eigenvalue weighted by molar-refractivity contribution is 6.30. The Kier molecular flexibility index (Phi) is 3.71. The Morgan fingerprint density at radius 3 is 2.76 bits per heavy atom. The largest absolute Gasteiger partial charge is 0.472 e. The Hall–Kier alpha value is -1.45. The molecule has 0 bridgehead atoms. The Labute approximate surface area is 106 Å². The van der Waals surface area contributed by atoms with E-state index in [1.165, 1.54) is 0 Å². The minimum Gasteiger partial charge on any atom is -0.472 e. The molecule has 3 nitrogen and oxygen atoms in total. The van der Waals surface area contributed by atoms with Crippen LogP contribution in [0.4, 0.5) is 5.69 Å². The van der Waals surface area contributed by atoms with Crippen molar-refractivity contribution in [2.75, 3.05) is 12.8 Å². The molecule has 2 rings (SSSR count). The predicted molar refractivity (Wildman–Crippen MR) is 69.7 cm³/mol. The van der Waals surface area contributed by atoms with Gasteiger partial charge in [-0.15, -0.1) is 0 Å². The minimum atomic E-state index is 0.670. The lowest BCUT2D eigenvalue weighted by Crippen LogP contribution is -2.17. The van der Waals surface area contributed by atoms with Gasteiger partial charge in [0.25, 0.3) is 0 Å². The van der Waals surface area contributed by atoms with Crippen molar-refractivity contribution in [2.24, 2.45) is 0 Å². The molecule has 0 spiro atoms. The summed E-state index contributed by atoms with van der Waals surface area (Å²) in [5.74, 6) is 0. The van der Waals surface area contributed by atoms with Gasteiger partial charge in [0.1, 0.15) is 0 Å². The van der Waals surface area contributed by atoms with Crippen LogP contribution in [0.3, 0.4) is 0 Å². The van der Waals surface area contributed by atoms with E-state index in [2.05, 4.69) is 4.90 Å². The lowest BCUT2D eigenvalue weighted by Gasteiger charge is -2.17. The monoisotopic (exact) mass is 250 g/mol. The summed E-state index contributed by atoms with van der Waals surface area (Å²) in [5, 5.41) is 0.670. The van der Waals surface area contributed by atoms with Crippen LogP contribution in [0.1, 0.15) is 11.1 Å². The van der Waals surface area contributed by atoms with Crippen molar-refractivity contribution in [1.82, 2.24) is 4.90 Å². The Bertz CT molecular complexity index is 482. The van der Waals surface area contributed by atoms with Gasteiger partial charge in [-0.2, -0.15) is 0 Å². The zero-order chi connectivity index (χ0) is 12.3. The van der Waals surface area contributed by atoms with Gasteiger partial charge in [-0.3, -0.25) is 4.90 Å². The van der Waals surface area contributed by atoms with Gasteiger partial charge >= 0.3 is 0 Å². The second-order valence-corrected chi connectivity index (χ2v) is 4.58. The van der Waals surface area contributed by atoms with Crippen molar-refractivity contribution in [3.05, 3.63) is 52.9 Å². The highest BCUT2D eigenvalue weighted by Crippen LogP contribution is 2.19. The van der Waals surface area contributed by atoms with Gasteiger partial charge in [-0.05, 0) is 30.8 Å². The first kappa shape index (κ1) is 12.0. The van der Waals surface area contributed by atoms with Gasteiger partial charge in [0.2, 0.25) is 0 Å². The SMILES string of the molecule is CN(Cc1ccoc1)Cc1ccc(Cl)cc1N. The fourth-order valence-electron chi connectivity index (χ4n) is 1.75. The molecule has 0 aliphatic heterocycles. The summed E-state index contributed by atoms with van der Waals surface area (Å²) >= 11 is 5.86. The summed E-state index contributed by atoms with van der Waals surface area (Å²) in [6.45, 7) is 1.62. The molecule has 1 aromatic carbocycles. The number of rotatable bonds is 4. The molecule has 0 fully saturated rings. The number of nitrogens with zero attached hydrogens (tertiary/aromatic N) is 1. The number of anilines is 1. The summed E-state index contributed by atoms with van der Waals surface area (Å²) < 4.78 is 5.04. The first-order valence-electron chi connectivity index (χ1n) is 5.38. The number of halogens is 1. The number of nitrogen functional groups attached to an aromatic ring is 1. The Morgan fingerprint density at radius 1 is 1.29 bits per heavy atom. The molecule has 0 saturated carbocycles. The smallest absolute Gasteiger partial charge is 0.0947 e. The number of hydrogen-bond donors (Lipinski definition) is 1. The van der Waals surface area contributed by atoms with E-state index < -0.39 is 0 Å². The van der Waals surface area contributed by atoms with Crippen molar-refractivity contribution in [3.8, 4) is 0 Å². The summed E-state index contributed by atoms with van der Waals surface area (Å²) in [5.41, 5.74) is 8.88. The van der Waals surface area contributed by atoms with E-state index in [4.69, 9.17) is 21.8 Å². The predicted octanol–water partition coefficient (Wildman–Crippen LogP) is 3.15. The van der Waals surface area contributed by atoms with Crippen LogP contribution in [0.15, 0.2) is 41.2 Å². The summed E-state index contributed by atoms with van der Waals surface area (Å²) in [6.07, 6.45) is 3.43. The summed E-state index contributed by atoms with van der Waals surface area (Å²) in [7, 11) is 2.04. The van der Waals surface area contributed by atoms with E-state index in [1.807, 2.05) is 25.2 Å². The van der Waals surface area contributed by atoms with Crippen LogP contribution in [-0.2, 0) is 13.1 Å². The first-order valence-corrected chi connectivity index (χ1v) is 5.76. The molecule has 0 radical (unpaired) electrons. The van der Waals surface area contributed by atoms with Gasteiger partial charge in [0.15, 0.2) is 0 Å². The van der Waals surface area contributed by atoms with E-state index >= 15 is 0 Å². The number of benzene rings is 1. The van der Waals surface area contributed by atoms with Crippen LogP contribution in [0.2, 0.25) is 5.02 Å². The zero-order valence-corrected chi connectivity index (χ0v) is 10.4. The van der Waals surface area contributed by atoms with E-state index in [-0.39, 0.29) is 0 Å². The quantitative estimate of drug-likeness (QED) is 0.848. The summed E-state index contributed by atoms with van der Waals surface area (Å²) in [6, 6.07) is 7.56. The van der Waals surface area contributed by atoms with Crippen molar-refractivity contribution in [2.45, 2.75) is 13.1 Å². The fraction of sp³-hybridized carbons (Fsp3) is 0.231. The number of furan rings is 1. The highest BCUT2D eigenvalue weighted by atomic mass is 35.5. The molecule has 0 aliphatic rings. The number of nitrogens with two attached hydrogens (primary N) is 1. The lowest BCUT2D eigenvalue weighted by atomic mass is 10.1. The molecule has 0 atom stereocenters. The topological polar surface area (TPSA) is 42.4 Å². The Morgan fingerprint density at radius 2 is 2.12 bits per heavy atom. The van der Waals surface area contributed by atoms with E-state index in [0.29, 0.717) is 5.02 Å². The maximum Gasteiger partial charge on any atom is 0.0947 e. The minimum absolute atomic E-state index is 0.670. The summed E-state index contributed by atoms with van der Waals surface area (Å²) in [4.78, 5) is 2.17. The maximum absolute atomic E-state index is 5.91. The van der Waals surface area contributed by atoms with Crippen molar-refractivity contribution >= 4 is 17.3 Å². The van der Waals surface area contributed by atoms with Crippen molar-refractivity contribution in [3.63, 3.8) is 0 Å². The third kappa shape index (κ3) is 3.25. The van der Waals surface area contributed by atoms with Crippen LogP contribution in [0.25, 0.3) is 0 Å². The van der Waals surface area contributed by atoms with Gasteiger partial charge in [-0.25, -0.2) is 0 Å². The lowest BCUT2D eigenvalue weighted by molar-refractivity contribution is 0.318. The normalized spacial score (nSPS) is 11.0. The molecular formula is C13H15ClN2O. The van der Waals surface area contributed by atoms with Crippen molar-refractivity contribution < 1.29 is 4.42 Å². The third-order valence-electron chi connectivity index (χ3n) is 2.58. The van der Waals surface area contributed by atoms with E-state index in [1.54, 1.807) is 18.6 Å². The zero-order valence-electron chi connectivity index (χ0n) is 9.69. The molecule has 1 aromatic heterocycles. The molecule has 2 aromatic rings. The van der Waals surface area contributed by atoms with Crippen LogP contribution in [-0.4, -0.2) is 11.9 Å². The standard InChI is InChI=1S/C13H15ClN2O/c1-16(7-10-4-5-17-9-10)8-11-2-3-12(14)6-13(11)15/h2-6,9H,7-8,15H2,1H3. The molecule has 1 heterocycles. The van der Waals surface area contributed by atoms with Crippen LogP contribution in [0.5, 0.6) is 0 Å². The van der Waals surface area contributed by atoms with Gasteiger partial charge in [0, 0.05) is 29.4 Å². The van der Waals surface area contributed by atoms with Crippen molar-refractivity contribution in [1.29, 1.82) is 0 Å². The molecular weight excluding hydrogens is 236 g/mol. The van der Waals surface area contributed by atoms with Crippen LogP contribution in [0, 0.1) is 0 Å². The maximum atomic E-state index is 5.91. The average molecular weight is 251 g/mol. The van der Waals surface area contributed by atoms with Crippen LogP contribution >= 0.6 is 11.6 Å². The van der Waals surface area contributed by atoms with E-state index in [0.717, 1.165) is 29.9 Å². The highest BCUT2D eigenvalue weighted by Gasteiger charge is 2.05. The molecule has 4 heteroatoms. The van der Waals surface area contributed by atoms with Gasteiger partial charge in [-0.1, -0.05) is 17.7 Å². The third-order valence-corrected chi connectivity index (χ3v) is 2.82. The van der Waals surface area contributed by atoms with Crippen LogP contribution < -0.4 is 5.73 Å². The number of hydrogen-bond acceptors (Lipinski definition) is 3. The molecule has 0 unspecified atom stereocenters. The molecule has 0 saturated heterocycles. The molecule has 0 amide bonds. The van der Waals surface area contributed by atoms with Gasteiger partial charge in [0.05, 0.1) is 12.5 Å². The molecule has 90 valence electrons. The first-order chi connectivity index (χ1) is 8.15. The molecule has 17 heavy (non-hydrogen) atoms. The average Bonchev–Trinajstić information content (AvgIpc) is 2.75. The Balaban J connectivity index is 2.00. The second kappa shape index (κ2) is 5.25. The fourth-order valence-corrected chi connectivity index (χ4v) is 1.93. The molecule has 2 N–H and O–H groups in total. The molecule has 0 aliphatic carbocycles. The van der Waals surface area contributed by atoms with E-state index in [9.17, 15) is 0 Å².